The van der Waals surface area contributed by atoms with Crippen molar-refractivity contribution >= 4 is 52.9 Å². The van der Waals surface area contributed by atoms with Crippen LogP contribution in [0.1, 0.15) is 30.1 Å². The Balaban J connectivity index is 1.39. The van der Waals surface area contributed by atoms with Crippen LogP contribution in [0.3, 0.4) is 0 Å². The first-order valence-corrected chi connectivity index (χ1v) is 14.3. The van der Waals surface area contributed by atoms with Crippen molar-refractivity contribution in [2.24, 2.45) is 0 Å². The van der Waals surface area contributed by atoms with Crippen molar-refractivity contribution in [3.05, 3.63) is 69.3 Å². The number of H-pyrrole nitrogens is 1. The highest BCUT2D eigenvalue weighted by molar-refractivity contribution is 8.01. The van der Waals surface area contributed by atoms with Crippen LogP contribution in [0.2, 0.25) is 0 Å². The fourth-order valence-electron chi connectivity index (χ4n) is 4.58. The molecule has 5 rings (SSSR count). The van der Waals surface area contributed by atoms with Gasteiger partial charge in [0.1, 0.15) is 22.1 Å². The van der Waals surface area contributed by atoms with Gasteiger partial charge in [-0.05, 0) is 36.6 Å². The fraction of sp³-hybridized carbons (Fsp3) is 0.320. The molecule has 3 aromatic rings. The number of aliphatic carboxylic acids is 2. The monoisotopic (exact) mass is 600 g/mol. The number of rotatable bonds is 10. The minimum atomic E-state index is -1.51. The summed E-state index contributed by atoms with van der Waals surface area (Å²) >= 11 is 2.30. The Bertz CT molecular complexity index is 1630. The molecule has 5 N–H and O–H groups in total. The zero-order valence-electron chi connectivity index (χ0n) is 21.4. The Morgan fingerprint density at radius 3 is 2.59 bits per heavy atom. The van der Waals surface area contributed by atoms with Gasteiger partial charge in [0.05, 0.1) is 0 Å². The Morgan fingerprint density at radius 1 is 1.17 bits per heavy atom. The molecule has 14 nitrogen and oxygen atoms in total. The molecule has 2 aromatic heterocycles. The maximum absolute atomic E-state index is 13.2. The van der Waals surface area contributed by atoms with Crippen LogP contribution < -0.4 is 11.0 Å². The summed E-state index contributed by atoms with van der Waals surface area (Å²) in [5.74, 6) is -3.77. The van der Waals surface area contributed by atoms with Crippen molar-refractivity contribution in [1.82, 2.24) is 30.0 Å². The highest BCUT2D eigenvalue weighted by Gasteiger charge is 2.55. The number of nitrogens with one attached hydrogen (secondary N) is 2. The lowest BCUT2D eigenvalue weighted by atomic mass is 9.99. The lowest BCUT2D eigenvalue weighted by Crippen LogP contribution is -2.71. The number of nitrogens with zero attached hydrogens (tertiary/aromatic N) is 4. The van der Waals surface area contributed by atoms with E-state index in [4.69, 9.17) is 0 Å². The maximum Gasteiger partial charge on any atom is 0.364 e. The van der Waals surface area contributed by atoms with Crippen molar-refractivity contribution in [3.63, 3.8) is 0 Å². The predicted molar refractivity (Wildman–Crippen MR) is 146 cm³/mol. The number of aliphatic hydroxyl groups is 1. The van der Waals surface area contributed by atoms with Gasteiger partial charge in [-0.25, -0.2) is 14.7 Å². The number of carbonyl (C=O) groups is 4. The minimum Gasteiger partial charge on any atom is -0.481 e. The average molecular weight is 601 g/mol. The van der Waals surface area contributed by atoms with Crippen LogP contribution >= 0.6 is 23.5 Å². The molecule has 41 heavy (non-hydrogen) atoms. The van der Waals surface area contributed by atoms with Crippen LogP contribution in [0.4, 0.5) is 0 Å². The third-order valence-electron chi connectivity index (χ3n) is 6.66. The van der Waals surface area contributed by atoms with Crippen LogP contribution in [0.5, 0.6) is 0 Å². The standard InChI is InChI=1S/C25H24N6O8S2/c1-11-2-4-12(5-3-11)20(34)21(35)26-18-22(36)30-19(24(37)38)13(10-40-23(18)30)14(6-9-17(32)33)41-16-8-7-15-27-28-25(39)31(15)29-16/h2-5,7-8,14,18,20,23,34H,6,9-10H2,1H3,(H,26,35)(H,28,39)(H,32,33)(H,37,38)/t14?,18?,20-,23-/m1/s1. The second-order valence-corrected chi connectivity index (χ2v) is 11.7. The molecule has 16 heteroatoms. The van der Waals surface area contributed by atoms with Crippen molar-refractivity contribution in [3.8, 4) is 0 Å². The number of hydrogen-bond donors (Lipinski definition) is 5. The lowest BCUT2D eigenvalue weighted by molar-refractivity contribution is -0.151. The zero-order valence-corrected chi connectivity index (χ0v) is 23.0. The Morgan fingerprint density at radius 2 is 1.90 bits per heavy atom. The van der Waals surface area contributed by atoms with E-state index in [0.29, 0.717) is 16.2 Å². The number of aromatic nitrogens is 4. The smallest absolute Gasteiger partial charge is 0.364 e. The molecule has 1 fully saturated rings. The van der Waals surface area contributed by atoms with E-state index in [1.54, 1.807) is 30.3 Å². The van der Waals surface area contributed by atoms with Gasteiger partial charge in [0.2, 0.25) is 0 Å². The van der Waals surface area contributed by atoms with Gasteiger partial charge in [-0.2, -0.15) is 14.7 Å². The Hall–Kier alpha value is -4.15. The number of aromatic amines is 1. The van der Waals surface area contributed by atoms with E-state index in [2.05, 4.69) is 20.6 Å². The second kappa shape index (κ2) is 11.4. The molecule has 2 aliphatic heterocycles. The van der Waals surface area contributed by atoms with E-state index in [9.17, 15) is 39.3 Å². The first kappa shape index (κ1) is 28.4. The van der Waals surface area contributed by atoms with Gasteiger partial charge in [-0.3, -0.25) is 19.3 Å². The van der Waals surface area contributed by atoms with Crippen LogP contribution in [0.15, 0.2) is 57.5 Å². The highest BCUT2D eigenvalue weighted by Crippen LogP contribution is 2.44. The van der Waals surface area contributed by atoms with E-state index in [1.807, 2.05) is 6.92 Å². The van der Waals surface area contributed by atoms with Crippen LogP contribution in [-0.2, 0) is 19.2 Å². The summed E-state index contributed by atoms with van der Waals surface area (Å²) < 4.78 is 1.03. The number of hydrogen-bond acceptors (Lipinski definition) is 10. The van der Waals surface area contributed by atoms with Crippen molar-refractivity contribution in [1.29, 1.82) is 0 Å². The van der Waals surface area contributed by atoms with Gasteiger partial charge >= 0.3 is 17.6 Å². The third kappa shape index (κ3) is 5.57. The number of carboxylic acid groups (broad SMARTS) is 2. The van der Waals surface area contributed by atoms with Gasteiger partial charge in [-0.1, -0.05) is 41.6 Å². The number of β-lactam (4-membered cyclic amide) rings is 1. The molecule has 1 aromatic carbocycles. The van der Waals surface area contributed by atoms with Gasteiger partial charge in [0.15, 0.2) is 11.8 Å². The molecule has 214 valence electrons. The summed E-state index contributed by atoms with van der Waals surface area (Å²) in [6, 6.07) is 8.75. The molecule has 0 spiro atoms. The number of aliphatic hydroxyl groups excluding tert-OH is 1. The molecular formula is C25H24N6O8S2. The number of benzene rings is 1. The molecule has 4 atom stereocenters. The van der Waals surface area contributed by atoms with Crippen LogP contribution in [0.25, 0.3) is 5.65 Å². The SMILES string of the molecule is Cc1ccc([C@@H](O)C(=O)NC2C(=O)N3C(C(=O)O)=C(C(CCC(=O)O)Sc4ccc5n[nH]c(=O)n5n4)CS[C@H]23)cc1. The van der Waals surface area contributed by atoms with E-state index >= 15 is 0 Å². The number of carbonyl (C=O) groups excluding carboxylic acids is 2. The van der Waals surface area contributed by atoms with Gasteiger partial charge in [0, 0.05) is 17.4 Å². The topological polar surface area (TPSA) is 207 Å². The van der Waals surface area contributed by atoms with Crippen molar-refractivity contribution in [2.75, 3.05) is 5.75 Å². The molecule has 0 aliphatic carbocycles. The molecule has 1 saturated heterocycles. The van der Waals surface area contributed by atoms with Crippen LogP contribution in [-0.4, -0.2) is 86.2 Å². The number of amides is 2. The zero-order chi connectivity index (χ0) is 29.4. The quantitative estimate of drug-likeness (QED) is 0.159. The van der Waals surface area contributed by atoms with Crippen molar-refractivity contribution in [2.45, 2.75) is 47.6 Å². The van der Waals surface area contributed by atoms with E-state index < -0.39 is 52.2 Å². The van der Waals surface area contributed by atoms with E-state index in [-0.39, 0.29) is 29.9 Å². The Labute approximate surface area is 239 Å². The van der Waals surface area contributed by atoms with E-state index in [0.717, 1.165) is 26.7 Å². The molecule has 0 bridgehead atoms. The van der Waals surface area contributed by atoms with Crippen LogP contribution in [0, 0.1) is 6.92 Å². The lowest BCUT2D eigenvalue weighted by Gasteiger charge is -2.50. The second-order valence-electron chi connectivity index (χ2n) is 9.40. The first-order valence-electron chi connectivity index (χ1n) is 12.3. The summed E-state index contributed by atoms with van der Waals surface area (Å²) in [7, 11) is 0. The summed E-state index contributed by atoms with van der Waals surface area (Å²) in [6.45, 7) is 1.86. The summed E-state index contributed by atoms with van der Waals surface area (Å²) in [4.78, 5) is 62.8. The molecule has 2 aliphatic rings. The van der Waals surface area contributed by atoms with E-state index in [1.165, 1.54) is 17.8 Å². The summed E-state index contributed by atoms with van der Waals surface area (Å²) in [5.41, 5.74) is 1.04. The number of thioether (sulfide) groups is 2. The first-order chi connectivity index (χ1) is 19.5. The molecule has 4 heterocycles. The average Bonchev–Trinajstić information content (AvgIpc) is 3.32. The molecule has 0 radical (unpaired) electrons. The molecule has 2 amide bonds. The largest absolute Gasteiger partial charge is 0.481 e. The minimum absolute atomic E-state index is 0.0300. The molecular weight excluding hydrogens is 576 g/mol. The van der Waals surface area contributed by atoms with Gasteiger partial charge in [-0.15, -0.1) is 11.8 Å². The predicted octanol–water partition coefficient (Wildman–Crippen LogP) is 0.524. The normalized spacial score (nSPS) is 19.9. The summed E-state index contributed by atoms with van der Waals surface area (Å²) in [6.07, 6.45) is -1.76. The highest BCUT2D eigenvalue weighted by atomic mass is 32.2. The summed E-state index contributed by atoms with van der Waals surface area (Å²) in [5, 5.41) is 41.6. The third-order valence-corrected chi connectivity index (χ3v) is 9.23. The van der Waals surface area contributed by atoms with Crippen molar-refractivity contribution < 1.29 is 34.5 Å². The number of aryl methyl sites for hydroxylation is 1. The molecule has 2 unspecified atom stereocenters. The fourth-order valence-corrected chi connectivity index (χ4v) is 7.24. The Kier molecular flexibility index (Phi) is 7.88. The van der Waals surface area contributed by atoms with Gasteiger partial charge in [0.25, 0.3) is 11.8 Å². The van der Waals surface area contributed by atoms with Gasteiger partial charge < -0.3 is 20.6 Å². The maximum atomic E-state index is 13.2. The number of carboxylic acids is 2. The molecule has 0 saturated carbocycles. The number of fused-ring (bicyclic) bond motifs is 2.